The van der Waals surface area contributed by atoms with Gasteiger partial charge >= 0.3 is 5.97 Å². The number of aromatic nitrogens is 2. The van der Waals surface area contributed by atoms with Gasteiger partial charge in [0.05, 0.1) is 10.6 Å². The smallest absolute Gasteiger partial charge is 0.303 e. The number of non-ortho nitro benzene ring substituents is 1. The van der Waals surface area contributed by atoms with Crippen LogP contribution in [0, 0.1) is 10.1 Å². The number of carboxylic acid groups (broad SMARTS) is 1. The first-order valence-corrected chi connectivity index (χ1v) is 8.79. The van der Waals surface area contributed by atoms with Crippen LogP contribution in [0.4, 0.5) is 5.69 Å². The molecular formula is C18H20N4O5. The average molecular weight is 372 g/mol. The molecule has 142 valence electrons. The van der Waals surface area contributed by atoms with Crippen molar-refractivity contribution in [3.63, 3.8) is 0 Å². The van der Waals surface area contributed by atoms with Crippen molar-refractivity contribution >= 4 is 17.6 Å². The molecule has 9 heteroatoms. The van der Waals surface area contributed by atoms with E-state index in [1.54, 1.807) is 29.3 Å². The molecule has 0 aliphatic carbocycles. The fourth-order valence-electron chi connectivity index (χ4n) is 3.31. The number of nitro groups is 1. The first-order valence-electron chi connectivity index (χ1n) is 8.79. The van der Waals surface area contributed by atoms with Gasteiger partial charge in [-0.2, -0.15) is 5.10 Å². The molecular weight excluding hydrogens is 352 g/mol. The number of rotatable bonds is 6. The molecule has 1 N–H and O–H groups in total. The number of amides is 1. The zero-order valence-electron chi connectivity index (χ0n) is 14.7. The molecule has 1 saturated heterocycles. The third-order valence-electron chi connectivity index (χ3n) is 4.71. The molecule has 1 aliphatic heterocycles. The summed E-state index contributed by atoms with van der Waals surface area (Å²) in [6.07, 6.45) is 4.76. The van der Waals surface area contributed by atoms with Crippen molar-refractivity contribution in [2.24, 2.45) is 0 Å². The number of hydrogen-bond acceptors (Lipinski definition) is 5. The standard InChI is InChI=1S/C18H20N4O5/c23-17(24)9-8-13-3-1-2-11-20(13)18(25)16-10-12-21(19-16)14-4-6-15(7-5-14)22(26)27/h4-7,10,12-13H,1-3,8-9,11H2,(H,23,24). The van der Waals surface area contributed by atoms with Crippen LogP contribution in [-0.4, -0.2) is 49.2 Å². The van der Waals surface area contributed by atoms with Gasteiger partial charge in [0.25, 0.3) is 11.6 Å². The van der Waals surface area contributed by atoms with Crippen molar-refractivity contribution in [1.82, 2.24) is 14.7 Å². The van der Waals surface area contributed by atoms with Gasteiger partial charge in [-0.05, 0) is 43.9 Å². The fourth-order valence-corrected chi connectivity index (χ4v) is 3.31. The van der Waals surface area contributed by atoms with E-state index in [1.807, 2.05) is 0 Å². The summed E-state index contributed by atoms with van der Waals surface area (Å²) < 4.78 is 1.49. The third-order valence-corrected chi connectivity index (χ3v) is 4.71. The van der Waals surface area contributed by atoms with Crippen LogP contribution in [0.25, 0.3) is 5.69 Å². The predicted molar refractivity (Wildman–Crippen MR) is 95.8 cm³/mol. The fraction of sp³-hybridized carbons (Fsp3) is 0.389. The summed E-state index contributed by atoms with van der Waals surface area (Å²) in [4.78, 5) is 35.7. The van der Waals surface area contributed by atoms with Gasteiger partial charge in [-0.1, -0.05) is 0 Å². The third kappa shape index (κ3) is 4.30. The Hall–Kier alpha value is -3.23. The number of carbonyl (C=O) groups is 2. The molecule has 1 aliphatic rings. The molecule has 3 rings (SSSR count). The lowest BCUT2D eigenvalue weighted by Gasteiger charge is -2.35. The topological polar surface area (TPSA) is 119 Å². The quantitative estimate of drug-likeness (QED) is 0.615. The Morgan fingerprint density at radius 2 is 1.96 bits per heavy atom. The summed E-state index contributed by atoms with van der Waals surface area (Å²) in [7, 11) is 0. The van der Waals surface area contributed by atoms with E-state index in [2.05, 4.69) is 5.10 Å². The number of hydrogen-bond donors (Lipinski definition) is 1. The molecule has 0 bridgehead atoms. The number of carbonyl (C=O) groups excluding carboxylic acids is 1. The van der Waals surface area contributed by atoms with Crippen LogP contribution in [-0.2, 0) is 4.79 Å². The van der Waals surface area contributed by atoms with Gasteiger partial charge in [0.1, 0.15) is 0 Å². The summed E-state index contributed by atoms with van der Waals surface area (Å²) in [6, 6.07) is 7.40. The summed E-state index contributed by atoms with van der Waals surface area (Å²) in [5.74, 6) is -1.08. The first-order chi connectivity index (χ1) is 13.0. The molecule has 1 aromatic heterocycles. The minimum atomic E-state index is -0.865. The Bertz CT molecular complexity index is 846. The normalized spacial score (nSPS) is 16.9. The van der Waals surface area contributed by atoms with Crippen LogP contribution in [0.2, 0.25) is 0 Å². The second kappa shape index (κ2) is 7.98. The summed E-state index contributed by atoms with van der Waals surface area (Å²) in [5, 5.41) is 23.9. The van der Waals surface area contributed by atoms with Crippen LogP contribution in [0.5, 0.6) is 0 Å². The van der Waals surface area contributed by atoms with Gasteiger partial charge in [0.15, 0.2) is 5.69 Å². The number of piperidine rings is 1. The monoisotopic (exact) mass is 372 g/mol. The highest BCUT2D eigenvalue weighted by molar-refractivity contribution is 5.92. The first kappa shape index (κ1) is 18.6. The maximum absolute atomic E-state index is 12.9. The summed E-state index contributed by atoms with van der Waals surface area (Å²) in [6.45, 7) is 0.591. The van der Waals surface area contributed by atoms with Crippen LogP contribution < -0.4 is 0 Å². The number of carboxylic acids is 1. The lowest BCUT2D eigenvalue weighted by atomic mass is 9.97. The van der Waals surface area contributed by atoms with Crippen LogP contribution in [0.1, 0.15) is 42.6 Å². The van der Waals surface area contributed by atoms with E-state index in [0.29, 0.717) is 18.7 Å². The molecule has 1 unspecified atom stereocenters. The molecule has 0 saturated carbocycles. The highest BCUT2D eigenvalue weighted by Crippen LogP contribution is 2.23. The van der Waals surface area contributed by atoms with E-state index in [0.717, 1.165) is 19.3 Å². The van der Waals surface area contributed by atoms with E-state index in [4.69, 9.17) is 5.11 Å². The number of benzene rings is 1. The molecule has 27 heavy (non-hydrogen) atoms. The van der Waals surface area contributed by atoms with Crippen LogP contribution in [0.3, 0.4) is 0 Å². The largest absolute Gasteiger partial charge is 0.481 e. The van der Waals surface area contributed by atoms with Crippen molar-refractivity contribution < 1.29 is 19.6 Å². The Balaban J connectivity index is 1.75. The second-order valence-electron chi connectivity index (χ2n) is 6.50. The molecule has 0 spiro atoms. The lowest BCUT2D eigenvalue weighted by molar-refractivity contribution is -0.384. The van der Waals surface area contributed by atoms with Gasteiger partial charge in [-0.15, -0.1) is 0 Å². The summed E-state index contributed by atoms with van der Waals surface area (Å²) >= 11 is 0. The Morgan fingerprint density at radius 1 is 1.22 bits per heavy atom. The van der Waals surface area contributed by atoms with Gasteiger partial charge < -0.3 is 10.0 Å². The highest BCUT2D eigenvalue weighted by atomic mass is 16.6. The molecule has 1 fully saturated rings. The van der Waals surface area contributed by atoms with Gasteiger partial charge in [0, 0.05) is 37.3 Å². The number of nitro benzene ring substituents is 1. The van der Waals surface area contributed by atoms with Crippen molar-refractivity contribution in [3.8, 4) is 5.69 Å². The number of likely N-dealkylation sites (tertiary alicyclic amines) is 1. The molecule has 1 amide bonds. The minimum absolute atomic E-state index is 0.0169. The van der Waals surface area contributed by atoms with E-state index < -0.39 is 10.9 Å². The zero-order valence-corrected chi connectivity index (χ0v) is 14.7. The van der Waals surface area contributed by atoms with Crippen molar-refractivity contribution in [3.05, 3.63) is 52.3 Å². The van der Waals surface area contributed by atoms with E-state index in [1.165, 1.54) is 16.8 Å². The molecule has 2 aromatic rings. The Labute approximate surface area is 155 Å². The average Bonchev–Trinajstić information content (AvgIpc) is 3.16. The zero-order chi connectivity index (χ0) is 19.4. The van der Waals surface area contributed by atoms with Crippen molar-refractivity contribution in [1.29, 1.82) is 0 Å². The van der Waals surface area contributed by atoms with Crippen molar-refractivity contribution in [2.75, 3.05) is 6.54 Å². The number of aliphatic carboxylic acids is 1. The van der Waals surface area contributed by atoms with Gasteiger partial charge in [-0.25, -0.2) is 4.68 Å². The van der Waals surface area contributed by atoms with Gasteiger partial charge in [-0.3, -0.25) is 19.7 Å². The minimum Gasteiger partial charge on any atom is -0.481 e. The molecule has 2 heterocycles. The van der Waals surface area contributed by atoms with E-state index in [9.17, 15) is 19.7 Å². The SMILES string of the molecule is O=C(O)CCC1CCCCN1C(=O)c1ccn(-c2ccc([N+](=O)[O-])cc2)n1. The molecule has 1 atom stereocenters. The van der Waals surface area contributed by atoms with Crippen LogP contribution >= 0.6 is 0 Å². The Kier molecular flexibility index (Phi) is 5.49. The molecule has 9 nitrogen and oxygen atoms in total. The van der Waals surface area contributed by atoms with Crippen molar-refractivity contribution in [2.45, 2.75) is 38.1 Å². The maximum Gasteiger partial charge on any atom is 0.303 e. The lowest BCUT2D eigenvalue weighted by Crippen LogP contribution is -2.44. The molecule has 1 aromatic carbocycles. The second-order valence-corrected chi connectivity index (χ2v) is 6.50. The molecule has 0 radical (unpaired) electrons. The highest BCUT2D eigenvalue weighted by Gasteiger charge is 2.29. The predicted octanol–water partition coefficient (Wildman–Crippen LogP) is 2.64. The number of nitrogens with zero attached hydrogens (tertiary/aromatic N) is 4. The maximum atomic E-state index is 12.9. The van der Waals surface area contributed by atoms with Crippen LogP contribution in [0.15, 0.2) is 36.5 Å². The Morgan fingerprint density at radius 3 is 2.63 bits per heavy atom. The summed E-state index contributed by atoms with van der Waals surface area (Å²) in [5.41, 5.74) is 0.869. The van der Waals surface area contributed by atoms with E-state index >= 15 is 0 Å². The van der Waals surface area contributed by atoms with Gasteiger partial charge in [0.2, 0.25) is 0 Å². The van der Waals surface area contributed by atoms with E-state index in [-0.39, 0.29) is 29.8 Å².